The largest absolute Gasteiger partial charge is 0.466 e. The first-order valence-electron chi connectivity index (χ1n) is 7.72. The molecule has 0 spiro atoms. The molecule has 0 unspecified atom stereocenters. The van der Waals surface area contributed by atoms with E-state index in [4.69, 9.17) is 4.74 Å². The minimum absolute atomic E-state index is 0.0467. The summed E-state index contributed by atoms with van der Waals surface area (Å²) >= 11 is 0. The van der Waals surface area contributed by atoms with E-state index in [1.165, 1.54) is 14.2 Å². The number of hydrogen-bond acceptors (Lipinski definition) is 7. The third-order valence-corrected chi connectivity index (χ3v) is 3.61. The van der Waals surface area contributed by atoms with Crippen molar-refractivity contribution in [1.82, 2.24) is 0 Å². The Bertz CT molecular complexity index is 713. The molecular weight excluding hydrogens is 328 g/mol. The number of nitrogens with zero attached hydrogens (tertiary/aromatic N) is 1. The number of ether oxygens (including phenoxy) is 3. The van der Waals surface area contributed by atoms with Crippen LogP contribution in [0.2, 0.25) is 0 Å². The van der Waals surface area contributed by atoms with Crippen LogP contribution in [0.25, 0.3) is 0 Å². The highest BCUT2D eigenvalue weighted by Gasteiger charge is 2.26. The van der Waals surface area contributed by atoms with E-state index in [0.29, 0.717) is 25.3 Å². The summed E-state index contributed by atoms with van der Waals surface area (Å²) in [7, 11) is 2.43. The number of amides is 1. The fraction of sp³-hybridized carbons (Fsp3) is 0.353. The fourth-order valence-electron chi connectivity index (χ4n) is 2.46. The molecule has 0 fully saturated rings. The van der Waals surface area contributed by atoms with Crippen molar-refractivity contribution in [2.75, 3.05) is 37.6 Å². The summed E-state index contributed by atoms with van der Waals surface area (Å²) in [4.78, 5) is 36.7. The lowest BCUT2D eigenvalue weighted by Gasteiger charge is -2.17. The summed E-state index contributed by atoms with van der Waals surface area (Å²) in [6, 6.07) is 5.27. The lowest BCUT2D eigenvalue weighted by atomic mass is 10.1. The van der Waals surface area contributed by atoms with Gasteiger partial charge in [-0.15, -0.1) is 0 Å². The van der Waals surface area contributed by atoms with E-state index in [1.54, 1.807) is 24.0 Å². The Labute approximate surface area is 145 Å². The first kappa shape index (κ1) is 18.3. The topological polar surface area (TPSA) is 94.2 Å². The molecule has 2 rings (SSSR count). The molecule has 1 heterocycles. The Balaban J connectivity index is 2.22. The Morgan fingerprint density at radius 2 is 2.00 bits per heavy atom. The van der Waals surface area contributed by atoms with Crippen LogP contribution in [0.5, 0.6) is 0 Å². The van der Waals surface area contributed by atoms with Crippen molar-refractivity contribution in [3.63, 3.8) is 0 Å². The molecule has 1 aromatic rings. The lowest BCUT2D eigenvalue weighted by Crippen LogP contribution is -2.29. The van der Waals surface area contributed by atoms with Gasteiger partial charge in [0.2, 0.25) is 0 Å². The van der Waals surface area contributed by atoms with Crippen molar-refractivity contribution in [2.45, 2.75) is 13.3 Å². The molecule has 1 aliphatic heterocycles. The second-order valence-corrected chi connectivity index (χ2v) is 5.14. The van der Waals surface area contributed by atoms with E-state index in [9.17, 15) is 14.4 Å². The summed E-state index contributed by atoms with van der Waals surface area (Å²) in [5.41, 5.74) is 2.24. The molecule has 0 aromatic heterocycles. The van der Waals surface area contributed by atoms with E-state index in [0.717, 1.165) is 17.3 Å². The molecule has 1 amide bonds. The first-order valence-corrected chi connectivity index (χ1v) is 7.72. The standard InChI is InChI=1S/C17H20N2O6/c1-4-25-17(22)19-8-7-11-9-12(5-6-14(11)19)18-13(16(21)24-3)10-15(20)23-2/h5-6,9-10,18H,4,7-8H2,1-3H3/b13-10+. The van der Waals surface area contributed by atoms with Gasteiger partial charge < -0.3 is 19.5 Å². The van der Waals surface area contributed by atoms with Crippen LogP contribution >= 0.6 is 0 Å². The summed E-state index contributed by atoms with van der Waals surface area (Å²) in [5.74, 6) is -1.37. The van der Waals surface area contributed by atoms with Gasteiger partial charge in [0.1, 0.15) is 5.70 Å². The minimum Gasteiger partial charge on any atom is -0.466 e. The van der Waals surface area contributed by atoms with Crippen LogP contribution in [0.1, 0.15) is 12.5 Å². The normalized spacial score (nSPS) is 13.1. The second-order valence-electron chi connectivity index (χ2n) is 5.14. The van der Waals surface area contributed by atoms with Gasteiger partial charge in [0.15, 0.2) is 0 Å². The maximum absolute atomic E-state index is 11.9. The van der Waals surface area contributed by atoms with Crippen molar-refractivity contribution in [3.05, 3.63) is 35.5 Å². The second kappa shape index (κ2) is 8.18. The van der Waals surface area contributed by atoms with Crippen LogP contribution in [0.15, 0.2) is 30.0 Å². The van der Waals surface area contributed by atoms with Crippen molar-refractivity contribution in [2.24, 2.45) is 0 Å². The Kier molecular flexibility index (Phi) is 5.99. The van der Waals surface area contributed by atoms with Gasteiger partial charge in [-0.05, 0) is 37.1 Å². The molecular formula is C17H20N2O6. The van der Waals surface area contributed by atoms with E-state index >= 15 is 0 Å². The smallest absolute Gasteiger partial charge is 0.414 e. The molecule has 0 bridgehead atoms. The highest BCUT2D eigenvalue weighted by atomic mass is 16.6. The van der Waals surface area contributed by atoms with Crippen molar-refractivity contribution < 1.29 is 28.6 Å². The van der Waals surface area contributed by atoms with Crippen molar-refractivity contribution in [1.29, 1.82) is 0 Å². The molecule has 0 radical (unpaired) electrons. The zero-order valence-electron chi connectivity index (χ0n) is 14.3. The Morgan fingerprint density at radius 1 is 1.24 bits per heavy atom. The van der Waals surface area contributed by atoms with Crippen molar-refractivity contribution >= 4 is 29.4 Å². The van der Waals surface area contributed by atoms with Gasteiger partial charge in [-0.25, -0.2) is 14.4 Å². The quantitative estimate of drug-likeness (QED) is 0.493. The van der Waals surface area contributed by atoms with Gasteiger partial charge in [-0.2, -0.15) is 0 Å². The molecule has 25 heavy (non-hydrogen) atoms. The molecule has 134 valence electrons. The first-order chi connectivity index (χ1) is 12.0. The molecule has 0 atom stereocenters. The third-order valence-electron chi connectivity index (χ3n) is 3.61. The van der Waals surface area contributed by atoms with E-state index in [2.05, 4.69) is 14.8 Å². The summed E-state index contributed by atoms with van der Waals surface area (Å²) in [6.07, 6.45) is 1.30. The number of rotatable bonds is 5. The highest BCUT2D eigenvalue weighted by molar-refractivity contribution is 5.99. The molecule has 1 N–H and O–H groups in total. The van der Waals surface area contributed by atoms with E-state index in [-0.39, 0.29) is 11.8 Å². The van der Waals surface area contributed by atoms with Crippen LogP contribution in [0.4, 0.5) is 16.2 Å². The average Bonchev–Trinajstić information content (AvgIpc) is 3.03. The number of fused-ring (bicyclic) bond motifs is 1. The molecule has 8 nitrogen and oxygen atoms in total. The van der Waals surface area contributed by atoms with Gasteiger partial charge in [0.25, 0.3) is 0 Å². The van der Waals surface area contributed by atoms with E-state index < -0.39 is 11.9 Å². The molecule has 8 heteroatoms. The molecule has 0 saturated heterocycles. The number of methoxy groups -OCH3 is 2. The van der Waals surface area contributed by atoms with Gasteiger partial charge in [-0.1, -0.05) is 0 Å². The molecule has 0 saturated carbocycles. The number of anilines is 2. The number of benzene rings is 1. The summed E-state index contributed by atoms with van der Waals surface area (Å²) in [6.45, 7) is 2.59. The van der Waals surface area contributed by atoms with Gasteiger partial charge in [0.05, 0.1) is 32.6 Å². The van der Waals surface area contributed by atoms with Crippen LogP contribution in [-0.4, -0.2) is 45.4 Å². The number of hydrogen-bond donors (Lipinski definition) is 1. The molecule has 1 aliphatic rings. The Hall–Kier alpha value is -3.03. The van der Waals surface area contributed by atoms with Crippen molar-refractivity contribution in [3.8, 4) is 0 Å². The fourth-order valence-corrected chi connectivity index (χ4v) is 2.46. The van der Waals surface area contributed by atoms with Gasteiger partial charge in [-0.3, -0.25) is 4.90 Å². The number of esters is 2. The predicted octanol–water partition coefficient (Wildman–Crippen LogP) is 1.85. The van der Waals surface area contributed by atoms with Crippen LogP contribution < -0.4 is 10.2 Å². The van der Waals surface area contributed by atoms with Crippen LogP contribution in [0, 0.1) is 0 Å². The zero-order valence-corrected chi connectivity index (χ0v) is 14.3. The third kappa shape index (κ3) is 4.28. The van der Waals surface area contributed by atoms with E-state index in [1.807, 2.05) is 6.07 Å². The van der Waals surface area contributed by atoms with Crippen LogP contribution in [-0.2, 0) is 30.2 Å². The zero-order chi connectivity index (χ0) is 18.4. The predicted molar refractivity (Wildman–Crippen MR) is 90.3 cm³/mol. The lowest BCUT2D eigenvalue weighted by molar-refractivity contribution is -0.138. The molecule has 0 aliphatic carbocycles. The maximum atomic E-state index is 11.9. The monoisotopic (exact) mass is 348 g/mol. The number of carbonyl (C=O) groups excluding carboxylic acids is 3. The maximum Gasteiger partial charge on any atom is 0.414 e. The summed E-state index contributed by atoms with van der Waals surface area (Å²) < 4.78 is 14.2. The highest BCUT2D eigenvalue weighted by Crippen LogP contribution is 2.31. The Morgan fingerprint density at radius 3 is 2.64 bits per heavy atom. The van der Waals surface area contributed by atoms with Gasteiger partial charge >= 0.3 is 18.0 Å². The summed E-state index contributed by atoms with van der Waals surface area (Å²) in [5, 5.41) is 2.84. The van der Waals surface area contributed by atoms with Gasteiger partial charge in [0, 0.05) is 12.2 Å². The van der Waals surface area contributed by atoms with Crippen LogP contribution in [0.3, 0.4) is 0 Å². The molecule has 1 aromatic carbocycles. The minimum atomic E-state index is -0.695. The average molecular weight is 348 g/mol. The SMILES string of the molecule is CCOC(=O)N1CCc2cc(N/C(=C/C(=O)OC)C(=O)OC)ccc21. The number of carbonyl (C=O) groups is 3. The number of nitrogens with one attached hydrogen (secondary N) is 1.